The van der Waals surface area contributed by atoms with Gasteiger partial charge in [-0.25, -0.2) is 0 Å². The molecule has 1 unspecified atom stereocenters. The zero-order valence-electron chi connectivity index (χ0n) is 29.9. The van der Waals surface area contributed by atoms with Crippen LogP contribution in [0.2, 0.25) is 0 Å². The molecule has 0 radical (unpaired) electrons. The maximum absolute atomic E-state index is 2.42. The van der Waals surface area contributed by atoms with Gasteiger partial charge in [0.1, 0.15) is 0 Å². The molecule has 0 heterocycles. The smallest absolute Gasteiger partial charge is 0.0462 e. The van der Waals surface area contributed by atoms with E-state index < -0.39 is 0 Å². The number of benzene rings is 6. The van der Waals surface area contributed by atoms with Crippen LogP contribution in [0.4, 0.5) is 17.1 Å². The van der Waals surface area contributed by atoms with Crippen molar-refractivity contribution in [3.8, 4) is 22.3 Å². The molecule has 53 heavy (non-hydrogen) atoms. The van der Waals surface area contributed by atoms with E-state index in [0.29, 0.717) is 5.92 Å². The topological polar surface area (TPSA) is 3.24 Å². The Labute approximate surface area is 313 Å². The molecule has 0 spiro atoms. The van der Waals surface area contributed by atoms with Gasteiger partial charge < -0.3 is 4.90 Å². The lowest BCUT2D eigenvalue weighted by Gasteiger charge is -2.29. The third-order valence-electron chi connectivity index (χ3n) is 11.6. The van der Waals surface area contributed by atoms with Crippen LogP contribution in [0.3, 0.4) is 0 Å². The molecule has 0 saturated heterocycles. The van der Waals surface area contributed by atoms with Gasteiger partial charge in [0.15, 0.2) is 0 Å². The predicted molar refractivity (Wildman–Crippen MR) is 226 cm³/mol. The van der Waals surface area contributed by atoms with E-state index in [1.165, 1.54) is 61.2 Å². The molecule has 0 N–H and O–H groups in total. The second kappa shape index (κ2) is 13.4. The minimum atomic E-state index is 0.443. The van der Waals surface area contributed by atoms with Crippen molar-refractivity contribution in [1.29, 1.82) is 0 Å². The summed E-state index contributed by atoms with van der Waals surface area (Å²) in [6, 6.07) is 49.0. The molecule has 0 fully saturated rings. The van der Waals surface area contributed by atoms with E-state index in [-0.39, 0.29) is 0 Å². The van der Waals surface area contributed by atoms with Crippen LogP contribution in [0.15, 0.2) is 169 Å². The number of rotatable bonds is 6. The highest BCUT2D eigenvalue weighted by Gasteiger charge is 2.26. The molecule has 1 heteroatoms. The number of hydrogen-bond donors (Lipinski definition) is 0. The van der Waals surface area contributed by atoms with Gasteiger partial charge >= 0.3 is 0 Å². The van der Waals surface area contributed by atoms with Crippen molar-refractivity contribution in [2.24, 2.45) is 0 Å². The molecular formula is C52H41N. The standard InChI is InChI=1S/C52H41N/c1-3-14-38(15-4-1)51-49-21-11-9-19-47(49)48-20-10-12-22-50(48)52(51)39-27-32-44(33-28-39)53(42-16-5-2-6-17-42)43-30-25-36(26-31-43)40-29-34-46-41(35-40)24-23-37-13-7-8-18-45(37)46/h1-8,11-18,21-33,35,46H,9-10,19-20,34H2. The second-order valence-electron chi connectivity index (χ2n) is 14.6. The fourth-order valence-electron chi connectivity index (χ4n) is 9.06. The number of hydrogen-bond acceptors (Lipinski definition) is 1. The number of nitrogens with zero attached hydrogens (tertiary/aromatic N) is 1. The van der Waals surface area contributed by atoms with Crippen LogP contribution in [0.5, 0.6) is 0 Å². The van der Waals surface area contributed by atoms with Crippen molar-refractivity contribution < 1.29 is 0 Å². The van der Waals surface area contributed by atoms with Crippen LogP contribution in [0.1, 0.15) is 64.1 Å². The number of para-hydroxylation sites is 1. The molecule has 0 saturated carbocycles. The second-order valence-corrected chi connectivity index (χ2v) is 14.6. The monoisotopic (exact) mass is 679 g/mol. The molecule has 0 aromatic heterocycles. The van der Waals surface area contributed by atoms with Gasteiger partial charge in [0.2, 0.25) is 0 Å². The van der Waals surface area contributed by atoms with E-state index in [0.717, 1.165) is 49.2 Å². The van der Waals surface area contributed by atoms with Crippen molar-refractivity contribution in [1.82, 2.24) is 0 Å². The Kier molecular flexibility index (Phi) is 7.99. The first-order chi connectivity index (χ1) is 26.3. The van der Waals surface area contributed by atoms with Gasteiger partial charge in [0, 0.05) is 23.0 Å². The van der Waals surface area contributed by atoms with E-state index in [1.807, 2.05) is 0 Å². The third kappa shape index (κ3) is 5.65. The van der Waals surface area contributed by atoms with Crippen LogP contribution < -0.4 is 4.90 Å². The molecule has 4 aliphatic carbocycles. The average molecular weight is 680 g/mol. The molecule has 1 atom stereocenters. The Morgan fingerprint density at radius 2 is 1.02 bits per heavy atom. The van der Waals surface area contributed by atoms with Gasteiger partial charge in [0.05, 0.1) is 0 Å². The minimum absolute atomic E-state index is 0.443. The molecule has 0 bridgehead atoms. The Morgan fingerprint density at radius 1 is 0.472 bits per heavy atom. The largest absolute Gasteiger partial charge is 0.311 e. The lowest BCUT2D eigenvalue weighted by atomic mass is 9.76. The molecule has 10 rings (SSSR count). The summed E-state index contributed by atoms with van der Waals surface area (Å²) in [5.41, 5.74) is 21.3. The Balaban J connectivity index is 1.03. The highest BCUT2D eigenvalue weighted by Crippen LogP contribution is 2.47. The quantitative estimate of drug-likeness (QED) is 0.169. The van der Waals surface area contributed by atoms with Crippen molar-refractivity contribution >= 4 is 40.9 Å². The zero-order chi connectivity index (χ0) is 35.1. The summed E-state index contributed by atoms with van der Waals surface area (Å²) in [5, 5.41) is 0. The number of anilines is 3. The van der Waals surface area contributed by atoms with Crippen molar-refractivity contribution in [2.75, 3.05) is 4.90 Å². The van der Waals surface area contributed by atoms with Gasteiger partial charge in [-0.15, -0.1) is 0 Å². The highest BCUT2D eigenvalue weighted by atomic mass is 15.1. The molecule has 6 aromatic carbocycles. The fraction of sp³-hybridized carbons (Fsp3) is 0.115. The lowest BCUT2D eigenvalue weighted by Crippen LogP contribution is -2.11. The third-order valence-corrected chi connectivity index (χ3v) is 11.6. The summed E-state index contributed by atoms with van der Waals surface area (Å²) in [7, 11) is 0. The summed E-state index contributed by atoms with van der Waals surface area (Å²) >= 11 is 0. The van der Waals surface area contributed by atoms with E-state index in [2.05, 4.69) is 187 Å². The van der Waals surface area contributed by atoms with Gasteiger partial charge in [-0.05, 0) is 141 Å². The SMILES string of the molecule is C1=Cc2c(c3c(c(-c4ccc(N(c5ccccc5)c5ccc(C6=CCC7C(=C6)C=Cc6ccccc67)cc5)cc4)c2-c2ccccc2)C=CCC3)CC1. The summed E-state index contributed by atoms with van der Waals surface area (Å²) in [5.74, 6) is 0.443. The fourth-order valence-corrected chi connectivity index (χ4v) is 9.06. The molecule has 0 amide bonds. The summed E-state index contributed by atoms with van der Waals surface area (Å²) in [6.45, 7) is 0. The van der Waals surface area contributed by atoms with Gasteiger partial charge in [-0.2, -0.15) is 0 Å². The maximum Gasteiger partial charge on any atom is 0.0462 e. The Hall–Kier alpha value is -6.18. The number of fused-ring (bicyclic) bond motifs is 6. The van der Waals surface area contributed by atoms with Crippen LogP contribution in [-0.4, -0.2) is 0 Å². The van der Waals surface area contributed by atoms with Gasteiger partial charge in [-0.1, -0.05) is 146 Å². The van der Waals surface area contributed by atoms with Crippen molar-refractivity contribution in [3.05, 3.63) is 208 Å². The average Bonchev–Trinajstić information content (AvgIpc) is 3.24. The van der Waals surface area contributed by atoms with Crippen molar-refractivity contribution in [2.45, 2.75) is 38.0 Å². The molecule has 1 nitrogen and oxygen atoms in total. The van der Waals surface area contributed by atoms with Crippen LogP contribution in [0, 0.1) is 0 Å². The first-order valence-corrected chi connectivity index (χ1v) is 19.2. The van der Waals surface area contributed by atoms with E-state index in [1.54, 1.807) is 11.1 Å². The molecule has 254 valence electrons. The van der Waals surface area contributed by atoms with Gasteiger partial charge in [-0.3, -0.25) is 0 Å². The normalized spacial score (nSPS) is 16.5. The minimum Gasteiger partial charge on any atom is -0.311 e. The highest BCUT2D eigenvalue weighted by molar-refractivity contribution is 5.97. The Morgan fingerprint density at radius 3 is 1.68 bits per heavy atom. The molecule has 4 aliphatic rings. The van der Waals surface area contributed by atoms with Gasteiger partial charge in [0.25, 0.3) is 0 Å². The van der Waals surface area contributed by atoms with E-state index >= 15 is 0 Å². The first-order valence-electron chi connectivity index (χ1n) is 19.2. The van der Waals surface area contributed by atoms with Crippen molar-refractivity contribution in [3.63, 3.8) is 0 Å². The lowest BCUT2D eigenvalue weighted by molar-refractivity contribution is 0.813. The zero-order valence-corrected chi connectivity index (χ0v) is 29.9. The summed E-state index contributed by atoms with van der Waals surface area (Å²) < 4.78 is 0. The van der Waals surface area contributed by atoms with Crippen LogP contribution in [-0.2, 0) is 12.8 Å². The summed E-state index contributed by atoms with van der Waals surface area (Å²) in [6.07, 6.45) is 24.4. The molecular weight excluding hydrogens is 639 g/mol. The van der Waals surface area contributed by atoms with Crippen LogP contribution in [0.25, 0.3) is 46.1 Å². The molecule has 6 aromatic rings. The molecule has 0 aliphatic heterocycles. The maximum atomic E-state index is 2.42. The summed E-state index contributed by atoms with van der Waals surface area (Å²) in [4.78, 5) is 2.38. The first kappa shape index (κ1) is 31.5. The Bertz CT molecular complexity index is 2490. The van der Waals surface area contributed by atoms with Crippen LogP contribution >= 0.6 is 0 Å². The van der Waals surface area contributed by atoms with E-state index in [4.69, 9.17) is 0 Å². The van der Waals surface area contributed by atoms with E-state index in [9.17, 15) is 0 Å². The number of allylic oxidation sites excluding steroid dienone is 7. The predicted octanol–water partition coefficient (Wildman–Crippen LogP) is 13.9.